The Bertz CT molecular complexity index is 500. The lowest BCUT2D eigenvalue weighted by molar-refractivity contribution is -0.120. The second-order valence-electron chi connectivity index (χ2n) is 3.56. The first-order valence-electron chi connectivity index (χ1n) is 5.47. The molecule has 0 spiro atoms. The summed E-state index contributed by atoms with van der Waals surface area (Å²) in [5.74, 6) is -0.184. The fourth-order valence-electron chi connectivity index (χ4n) is 1.28. The predicted molar refractivity (Wildman–Crippen MR) is 69.9 cm³/mol. The zero-order valence-electron chi connectivity index (χ0n) is 9.94. The minimum absolute atomic E-state index is 0.0663. The zero-order valence-corrected chi connectivity index (χ0v) is 11.5. The zero-order chi connectivity index (χ0) is 13.6. The largest absolute Gasteiger partial charge is 0.356 e. The van der Waals surface area contributed by atoms with Crippen molar-refractivity contribution >= 4 is 27.5 Å². The van der Waals surface area contributed by atoms with Gasteiger partial charge in [-0.1, -0.05) is 11.6 Å². The minimum atomic E-state index is -3.58. The molecular formula is C11H15ClN2O3S. The van der Waals surface area contributed by atoms with Gasteiger partial charge in [-0.3, -0.25) is 4.79 Å². The molecule has 0 atom stereocenters. The van der Waals surface area contributed by atoms with Gasteiger partial charge in [0.15, 0.2) is 0 Å². The summed E-state index contributed by atoms with van der Waals surface area (Å²) in [6.07, 6.45) is 0.112. The number of halogens is 1. The summed E-state index contributed by atoms with van der Waals surface area (Å²) >= 11 is 5.67. The molecule has 0 aliphatic carbocycles. The van der Waals surface area contributed by atoms with Crippen LogP contribution < -0.4 is 10.0 Å². The van der Waals surface area contributed by atoms with E-state index in [0.717, 1.165) is 0 Å². The lowest BCUT2D eigenvalue weighted by atomic mass is 10.4. The van der Waals surface area contributed by atoms with Crippen molar-refractivity contribution in [1.29, 1.82) is 0 Å². The Morgan fingerprint density at radius 1 is 1.28 bits per heavy atom. The molecule has 0 aliphatic heterocycles. The third kappa shape index (κ3) is 4.64. The molecule has 0 aliphatic rings. The highest BCUT2D eigenvalue weighted by atomic mass is 35.5. The summed E-state index contributed by atoms with van der Waals surface area (Å²) < 4.78 is 25.9. The van der Waals surface area contributed by atoms with E-state index in [2.05, 4.69) is 10.0 Å². The van der Waals surface area contributed by atoms with Crippen molar-refractivity contribution in [2.75, 3.05) is 13.1 Å². The topological polar surface area (TPSA) is 75.3 Å². The van der Waals surface area contributed by atoms with Crippen LogP contribution in [0.1, 0.15) is 13.3 Å². The van der Waals surface area contributed by atoms with Gasteiger partial charge >= 0.3 is 0 Å². The minimum Gasteiger partial charge on any atom is -0.356 e. The molecule has 0 aromatic heterocycles. The molecule has 0 saturated heterocycles. The van der Waals surface area contributed by atoms with Crippen LogP contribution in [0.15, 0.2) is 29.2 Å². The molecule has 0 bridgehead atoms. The first kappa shape index (κ1) is 14.9. The average molecular weight is 291 g/mol. The maximum atomic E-state index is 11.8. The van der Waals surface area contributed by atoms with Crippen LogP contribution >= 0.6 is 11.6 Å². The number of sulfonamides is 1. The van der Waals surface area contributed by atoms with Gasteiger partial charge in [-0.2, -0.15) is 0 Å². The third-order valence-corrected chi connectivity index (χ3v) is 3.87. The Kier molecular flexibility index (Phi) is 5.58. The number of rotatable bonds is 6. The van der Waals surface area contributed by atoms with Gasteiger partial charge in [0.2, 0.25) is 15.9 Å². The molecule has 100 valence electrons. The van der Waals surface area contributed by atoms with E-state index >= 15 is 0 Å². The summed E-state index contributed by atoms with van der Waals surface area (Å²) in [5.41, 5.74) is 0. The van der Waals surface area contributed by atoms with Crippen LogP contribution in [0, 0.1) is 0 Å². The molecule has 1 rings (SSSR count). The quantitative estimate of drug-likeness (QED) is 0.825. The maximum absolute atomic E-state index is 11.8. The Morgan fingerprint density at radius 3 is 2.44 bits per heavy atom. The molecule has 0 fully saturated rings. The summed E-state index contributed by atoms with van der Waals surface area (Å²) in [6.45, 7) is 2.40. The van der Waals surface area contributed by atoms with Crippen LogP contribution in [0.5, 0.6) is 0 Å². The van der Waals surface area contributed by atoms with Gasteiger partial charge in [-0.05, 0) is 31.2 Å². The van der Waals surface area contributed by atoms with E-state index < -0.39 is 10.0 Å². The van der Waals surface area contributed by atoms with Crippen LogP contribution in [0.25, 0.3) is 0 Å². The summed E-state index contributed by atoms with van der Waals surface area (Å²) in [5, 5.41) is 3.06. The number of hydrogen-bond acceptors (Lipinski definition) is 3. The van der Waals surface area contributed by atoms with Gasteiger partial charge in [0, 0.05) is 24.5 Å². The van der Waals surface area contributed by atoms with Gasteiger partial charge in [-0.15, -0.1) is 0 Å². The van der Waals surface area contributed by atoms with Crippen LogP contribution in [-0.4, -0.2) is 27.4 Å². The third-order valence-electron chi connectivity index (χ3n) is 2.14. The Labute approximate surface area is 112 Å². The average Bonchev–Trinajstić information content (AvgIpc) is 2.29. The van der Waals surface area contributed by atoms with Crippen molar-refractivity contribution in [2.24, 2.45) is 0 Å². The van der Waals surface area contributed by atoms with Crippen molar-refractivity contribution in [1.82, 2.24) is 10.0 Å². The number of nitrogens with one attached hydrogen (secondary N) is 2. The second kappa shape index (κ2) is 6.72. The number of carbonyl (C=O) groups is 1. The van der Waals surface area contributed by atoms with E-state index in [1.807, 2.05) is 0 Å². The SMILES string of the molecule is CCNC(=O)CCNS(=O)(=O)c1ccc(Cl)cc1. The summed E-state index contributed by atoms with van der Waals surface area (Å²) in [6, 6.07) is 5.83. The second-order valence-corrected chi connectivity index (χ2v) is 5.76. The van der Waals surface area contributed by atoms with E-state index in [1.54, 1.807) is 6.92 Å². The molecule has 7 heteroatoms. The molecule has 2 N–H and O–H groups in total. The van der Waals surface area contributed by atoms with Crippen molar-refractivity contribution in [3.05, 3.63) is 29.3 Å². The van der Waals surface area contributed by atoms with E-state index in [0.29, 0.717) is 11.6 Å². The van der Waals surface area contributed by atoms with Gasteiger partial charge in [0.1, 0.15) is 0 Å². The monoisotopic (exact) mass is 290 g/mol. The Balaban J connectivity index is 2.55. The summed E-state index contributed by atoms with van der Waals surface area (Å²) in [7, 11) is -3.58. The molecule has 1 aromatic carbocycles. The number of benzene rings is 1. The fraction of sp³-hybridized carbons (Fsp3) is 0.364. The van der Waals surface area contributed by atoms with E-state index in [-0.39, 0.29) is 23.8 Å². The summed E-state index contributed by atoms with van der Waals surface area (Å²) in [4.78, 5) is 11.3. The number of hydrogen-bond donors (Lipinski definition) is 2. The first-order valence-corrected chi connectivity index (χ1v) is 7.33. The molecule has 1 amide bonds. The van der Waals surface area contributed by atoms with Crippen molar-refractivity contribution in [3.8, 4) is 0 Å². The van der Waals surface area contributed by atoms with Crippen LogP contribution in [0.2, 0.25) is 5.02 Å². The molecule has 0 heterocycles. The lowest BCUT2D eigenvalue weighted by Crippen LogP contribution is -2.30. The van der Waals surface area contributed by atoms with Crippen molar-refractivity contribution in [3.63, 3.8) is 0 Å². The maximum Gasteiger partial charge on any atom is 0.240 e. The Hall–Kier alpha value is -1.11. The van der Waals surface area contributed by atoms with Crippen molar-refractivity contribution in [2.45, 2.75) is 18.2 Å². The van der Waals surface area contributed by atoms with E-state index in [1.165, 1.54) is 24.3 Å². The molecular weight excluding hydrogens is 276 g/mol. The van der Waals surface area contributed by atoms with Gasteiger partial charge in [0.25, 0.3) is 0 Å². The number of amides is 1. The molecule has 5 nitrogen and oxygen atoms in total. The normalized spacial score (nSPS) is 11.2. The van der Waals surface area contributed by atoms with E-state index in [4.69, 9.17) is 11.6 Å². The highest BCUT2D eigenvalue weighted by Gasteiger charge is 2.13. The van der Waals surface area contributed by atoms with Crippen LogP contribution in [0.3, 0.4) is 0 Å². The standard InChI is InChI=1S/C11H15ClN2O3S/c1-2-13-11(15)7-8-14-18(16,17)10-5-3-9(12)4-6-10/h3-6,14H,2,7-8H2,1H3,(H,13,15). The smallest absolute Gasteiger partial charge is 0.240 e. The van der Waals surface area contributed by atoms with Crippen LogP contribution in [0.4, 0.5) is 0 Å². The Morgan fingerprint density at radius 2 is 1.89 bits per heavy atom. The number of carbonyl (C=O) groups excluding carboxylic acids is 1. The highest BCUT2D eigenvalue weighted by molar-refractivity contribution is 7.89. The molecule has 1 aromatic rings. The van der Waals surface area contributed by atoms with Gasteiger partial charge < -0.3 is 5.32 Å². The highest BCUT2D eigenvalue weighted by Crippen LogP contribution is 2.13. The van der Waals surface area contributed by atoms with Gasteiger partial charge in [-0.25, -0.2) is 13.1 Å². The predicted octanol–water partition coefficient (Wildman–Crippen LogP) is 1.14. The fourth-order valence-corrected chi connectivity index (χ4v) is 2.44. The molecule has 0 unspecified atom stereocenters. The molecule has 18 heavy (non-hydrogen) atoms. The first-order chi connectivity index (χ1) is 8.45. The lowest BCUT2D eigenvalue weighted by Gasteiger charge is -2.06. The van der Waals surface area contributed by atoms with Gasteiger partial charge in [0.05, 0.1) is 4.90 Å². The molecule has 0 saturated carbocycles. The van der Waals surface area contributed by atoms with E-state index in [9.17, 15) is 13.2 Å². The molecule has 0 radical (unpaired) electrons. The van der Waals surface area contributed by atoms with Crippen LogP contribution in [-0.2, 0) is 14.8 Å². The van der Waals surface area contributed by atoms with Crippen molar-refractivity contribution < 1.29 is 13.2 Å².